The van der Waals surface area contributed by atoms with Gasteiger partial charge in [-0.3, -0.25) is 4.99 Å². The van der Waals surface area contributed by atoms with Crippen LogP contribution in [0.25, 0.3) is 0 Å². The van der Waals surface area contributed by atoms with Gasteiger partial charge in [-0.1, -0.05) is 25.0 Å². The second-order valence-electron chi connectivity index (χ2n) is 6.65. The van der Waals surface area contributed by atoms with Crippen LogP contribution >= 0.6 is 0 Å². The van der Waals surface area contributed by atoms with Gasteiger partial charge in [-0.05, 0) is 49.1 Å². The minimum absolute atomic E-state index is 0.274. The zero-order valence-corrected chi connectivity index (χ0v) is 16.8. The molecule has 1 aromatic carbocycles. The highest BCUT2D eigenvalue weighted by Crippen LogP contribution is 2.11. The fourth-order valence-electron chi connectivity index (χ4n) is 2.82. The Labute approximate surface area is 168 Å². The SMILES string of the molecule is COc1ccc(CCNC(=NCCCCCCO)NCCc2ccco2)cc1. The lowest BCUT2D eigenvalue weighted by molar-refractivity contribution is 0.282. The molecule has 2 aromatic rings. The Hall–Kier alpha value is -2.47. The molecule has 0 saturated heterocycles. The molecule has 0 amide bonds. The average molecular weight is 388 g/mol. The van der Waals surface area contributed by atoms with Crippen molar-refractivity contribution in [2.75, 3.05) is 33.4 Å². The molecule has 0 bridgehead atoms. The molecule has 0 aliphatic carbocycles. The highest BCUT2D eigenvalue weighted by Gasteiger charge is 2.01. The molecule has 0 radical (unpaired) electrons. The van der Waals surface area contributed by atoms with Crippen LogP contribution in [0, 0.1) is 0 Å². The lowest BCUT2D eigenvalue weighted by Gasteiger charge is -2.12. The molecule has 0 saturated carbocycles. The van der Waals surface area contributed by atoms with E-state index in [1.165, 1.54) is 5.56 Å². The average Bonchev–Trinajstić information content (AvgIpc) is 3.24. The molecule has 6 heteroatoms. The Balaban J connectivity index is 1.75. The van der Waals surface area contributed by atoms with E-state index in [-0.39, 0.29) is 6.61 Å². The fourth-order valence-corrected chi connectivity index (χ4v) is 2.82. The number of aliphatic hydroxyl groups is 1. The number of rotatable bonds is 13. The molecule has 0 aliphatic heterocycles. The first-order valence-electron chi connectivity index (χ1n) is 10.1. The van der Waals surface area contributed by atoms with Crippen LogP contribution in [0.2, 0.25) is 0 Å². The minimum atomic E-state index is 0.274. The van der Waals surface area contributed by atoms with Crippen molar-refractivity contribution in [1.82, 2.24) is 10.6 Å². The van der Waals surface area contributed by atoms with Gasteiger partial charge in [-0.15, -0.1) is 0 Å². The summed E-state index contributed by atoms with van der Waals surface area (Å²) in [6.07, 6.45) is 7.49. The van der Waals surface area contributed by atoms with Gasteiger partial charge in [0.25, 0.3) is 0 Å². The number of benzene rings is 1. The zero-order valence-electron chi connectivity index (χ0n) is 16.8. The van der Waals surface area contributed by atoms with Crippen LogP contribution in [0.15, 0.2) is 52.1 Å². The summed E-state index contributed by atoms with van der Waals surface area (Å²) in [5.41, 5.74) is 1.26. The number of aliphatic imine (C=N–C) groups is 1. The van der Waals surface area contributed by atoms with Crippen molar-refractivity contribution in [3.8, 4) is 5.75 Å². The van der Waals surface area contributed by atoms with Crippen molar-refractivity contribution in [2.24, 2.45) is 4.99 Å². The van der Waals surface area contributed by atoms with Gasteiger partial charge in [0.2, 0.25) is 0 Å². The molecule has 6 nitrogen and oxygen atoms in total. The lowest BCUT2D eigenvalue weighted by atomic mass is 10.1. The minimum Gasteiger partial charge on any atom is -0.497 e. The van der Waals surface area contributed by atoms with Crippen molar-refractivity contribution in [3.63, 3.8) is 0 Å². The maximum atomic E-state index is 8.84. The molecule has 154 valence electrons. The van der Waals surface area contributed by atoms with Gasteiger partial charge in [0.05, 0.1) is 13.4 Å². The highest BCUT2D eigenvalue weighted by atomic mass is 16.5. The number of nitrogens with one attached hydrogen (secondary N) is 2. The standard InChI is InChI=1S/C22H33N3O3/c1-27-20-10-8-19(9-11-20)12-15-24-22(23-14-4-2-3-5-17-26)25-16-13-21-7-6-18-28-21/h6-11,18,26H,2-5,12-17H2,1H3,(H2,23,24,25). The molecule has 3 N–H and O–H groups in total. The van der Waals surface area contributed by atoms with Gasteiger partial charge in [-0.25, -0.2) is 0 Å². The smallest absolute Gasteiger partial charge is 0.191 e. The number of aliphatic hydroxyl groups excluding tert-OH is 1. The van der Waals surface area contributed by atoms with Gasteiger partial charge in [0.1, 0.15) is 11.5 Å². The van der Waals surface area contributed by atoms with Crippen LogP contribution in [0.3, 0.4) is 0 Å². The van der Waals surface area contributed by atoms with Crippen LogP contribution in [0.1, 0.15) is 37.0 Å². The van der Waals surface area contributed by atoms with E-state index in [2.05, 4.69) is 27.8 Å². The van der Waals surface area contributed by atoms with Gasteiger partial charge in [-0.2, -0.15) is 0 Å². The van der Waals surface area contributed by atoms with E-state index in [4.69, 9.17) is 14.3 Å². The summed E-state index contributed by atoms with van der Waals surface area (Å²) in [7, 11) is 1.68. The monoisotopic (exact) mass is 387 g/mol. The Morgan fingerprint density at radius 1 is 1.00 bits per heavy atom. The Bertz CT molecular complexity index is 654. The van der Waals surface area contributed by atoms with Crippen molar-refractivity contribution in [3.05, 3.63) is 54.0 Å². The maximum Gasteiger partial charge on any atom is 0.191 e. The van der Waals surface area contributed by atoms with Crippen molar-refractivity contribution < 1.29 is 14.3 Å². The van der Waals surface area contributed by atoms with Crippen LogP contribution in [-0.2, 0) is 12.8 Å². The molecule has 28 heavy (non-hydrogen) atoms. The van der Waals surface area contributed by atoms with Crippen LogP contribution in [-0.4, -0.2) is 44.4 Å². The molecule has 0 aliphatic rings. The predicted molar refractivity (Wildman–Crippen MR) is 113 cm³/mol. The Morgan fingerprint density at radius 2 is 1.75 bits per heavy atom. The molecule has 0 atom stereocenters. The van der Waals surface area contributed by atoms with E-state index < -0.39 is 0 Å². The third-order valence-corrected chi connectivity index (χ3v) is 4.45. The highest BCUT2D eigenvalue weighted by molar-refractivity contribution is 5.79. The number of hydrogen-bond acceptors (Lipinski definition) is 4. The number of hydrogen-bond donors (Lipinski definition) is 3. The second kappa shape index (κ2) is 13.7. The van der Waals surface area contributed by atoms with E-state index in [1.807, 2.05) is 24.3 Å². The third kappa shape index (κ3) is 8.95. The molecule has 2 rings (SSSR count). The number of methoxy groups -OCH3 is 1. The van der Waals surface area contributed by atoms with E-state index in [0.717, 1.165) is 75.6 Å². The summed E-state index contributed by atoms with van der Waals surface area (Å²) in [5, 5.41) is 15.6. The molecular formula is C22H33N3O3. The van der Waals surface area contributed by atoms with Crippen molar-refractivity contribution >= 4 is 5.96 Å². The van der Waals surface area contributed by atoms with E-state index in [1.54, 1.807) is 13.4 Å². The number of nitrogens with zero attached hydrogens (tertiary/aromatic N) is 1. The Morgan fingerprint density at radius 3 is 2.43 bits per heavy atom. The van der Waals surface area contributed by atoms with Crippen molar-refractivity contribution in [1.29, 1.82) is 0 Å². The van der Waals surface area contributed by atoms with Gasteiger partial charge in [0.15, 0.2) is 5.96 Å². The summed E-state index contributed by atoms with van der Waals surface area (Å²) < 4.78 is 10.6. The molecule has 0 fully saturated rings. The maximum absolute atomic E-state index is 8.84. The van der Waals surface area contributed by atoms with E-state index >= 15 is 0 Å². The number of ether oxygens (including phenoxy) is 1. The van der Waals surface area contributed by atoms with Gasteiger partial charge in [0, 0.05) is 32.7 Å². The number of unbranched alkanes of at least 4 members (excludes halogenated alkanes) is 3. The van der Waals surface area contributed by atoms with E-state index in [9.17, 15) is 0 Å². The largest absolute Gasteiger partial charge is 0.497 e. The topological polar surface area (TPSA) is 79.0 Å². The predicted octanol–water partition coefficient (Wildman–Crippen LogP) is 3.16. The molecular weight excluding hydrogens is 354 g/mol. The molecule has 0 spiro atoms. The van der Waals surface area contributed by atoms with Crippen LogP contribution < -0.4 is 15.4 Å². The van der Waals surface area contributed by atoms with Gasteiger partial charge >= 0.3 is 0 Å². The molecule has 0 unspecified atom stereocenters. The first-order chi connectivity index (χ1) is 13.8. The summed E-state index contributed by atoms with van der Waals surface area (Å²) >= 11 is 0. The lowest BCUT2D eigenvalue weighted by Crippen LogP contribution is -2.39. The first-order valence-corrected chi connectivity index (χ1v) is 10.1. The zero-order chi connectivity index (χ0) is 19.9. The molecule has 1 heterocycles. The van der Waals surface area contributed by atoms with Crippen LogP contribution in [0.4, 0.5) is 0 Å². The van der Waals surface area contributed by atoms with Crippen molar-refractivity contribution in [2.45, 2.75) is 38.5 Å². The van der Waals surface area contributed by atoms with E-state index in [0.29, 0.717) is 0 Å². The summed E-state index contributed by atoms with van der Waals surface area (Å²) in [6.45, 7) is 2.63. The van der Waals surface area contributed by atoms with Gasteiger partial charge < -0.3 is 24.9 Å². The fraction of sp³-hybridized carbons (Fsp3) is 0.500. The van der Waals surface area contributed by atoms with Crippen LogP contribution in [0.5, 0.6) is 5.75 Å². The number of guanidine groups is 1. The third-order valence-electron chi connectivity index (χ3n) is 4.45. The second-order valence-corrected chi connectivity index (χ2v) is 6.65. The normalized spacial score (nSPS) is 11.4. The quantitative estimate of drug-likeness (QED) is 0.280. The Kier molecular flexibility index (Phi) is 10.6. The summed E-state index contributed by atoms with van der Waals surface area (Å²) in [6, 6.07) is 12.0. The number of furan rings is 1. The summed E-state index contributed by atoms with van der Waals surface area (Å²) in [4.78, 5) is 4.68. The molecule has 1 aromatic heterocycles. The first kappa shape index (κ1) is 21.8. The summed E-state index contributed by atoms with van der Waals surface area (Å²) in [5.74, 6) is 2.68.